The second kappa shape index (κ2) is 8.27. The van der Waals surface area contributed by atoms with Crippen molar-refractivity contribution < 1.29 is 14.0 Å². The quantitative estimate of drug-likeness (QED) is 0.891. The van der Waals surface area contributed by atoms with Crippen LogP contribution in [0.2, 0.25) is 5.02 Å². The SMILES string of the molecule is CC(=O)N(CCNC(=O)c1c(F)cccc1Cl)c1ccc(C#N)cc1. The van der Waals surface area contributed by atoms with Crippen molar-refractivity contribution in [2.75, 3.05) is 18.0 Å². The van der Waals surface area contributed by atoms with Gasteiger partial charge in [-0.1, -0.05) is 17.7 Å². The van der Waals surface area contributed by atoms with Crippen LogP contribution in [0.4, 0.5) is 10.1 Å². The van der Waals surface area contributed by atoms with Crippen LogP contribution in [0.1, 0.15) is 22.8 Å². The second-order valence-corrected chi connectivity index (χ2v) is 5.59. The van der Waals surface area contributed by atoms with E-state index in [1.54, 1.807) is 24.3 Å². The molecular formula is C18H15ClFN3O2. The lowest BCUT2D eigenvalue weighted by atomic mass is 10.2. The molecule has 2 aromatic carbocycles. The van der Waals surface area contributed by atoms with Crippen molar-refractivity contribution >= 4 is 29.1 Å². The highest BCUT2D eigenvalue weighted by Gasteiger charge is 2.16. The molecule has 0 fully saturated rings. The smallest absolute Gasteiger partial charge is 0.255 e. The Bertz CT molecular complexity index is 811. The van der Waals surface area contributed by atoms with E-state index in [1.807, 2.05) is 6.07 Å². The van der Waals surface area contributed by atoms with E-state index in [0.717, 1.165) is 6.07 Å². The van der Waals surface area contributed by atoms with Crippen LogP contribution < -0.4 is 10.2 Å². The van der Waals surface area contributed by atoms with Gasteiger partial charge in [0.05, 0.1) is 22.2 Å². The van der Waals surface area contributed by atoms with E-state index in [-0.39, 0.29) is 29.6 Å². The number of benzene rings is 2. The highest BCUT2D eigenvalue weighted by molar-refractivity contribution is 6.33. The molecule has 0 saturated heterocycles. The minimum atomic E-state index is -0.708. The number of carbonyl (C=O) groups excluding carboxylic acids is 2. The van der Waals surface area contributed by atoms with Crippen molar-refractivity contribution in [1.82, 2.24) is 5.32 Å². The summed E-state index contributed by atoms with van der Waals surface area (Å²) < 4.78 is 13.7. The lowest BCUT2D eigenvalue weighted by Crippen LogP contribution is -2.37. The van der Waals surface area contributed by atoms with Gasteiger partial charge in [0.1, 0.15) is 5.82 Å². The Balaban J connectivity index is 2.03. The van der Waals surface area contributed by atoms with Crippen molar-refractivity contribution in [2.45, 2.75) is 6.92 Å². The first-order valence-corrected chi connectivity index (χ1v) is 7.82. The Kier molecular flexibility index (Phi) is 6.09. The van der Waals surface area contributed by atoms with Crippen LogP contribution in [-0.4, -0.2) is 24.9 Å². The van der Waals surface area contributed by atoms with Crippen LogP contribution in [-0.2, 0) is 4.79 Å². The zero-order valence-corrected chi connectivity index (χ0v) is 14.2. The van der Waals surface area contributed by atoms with Crippen LogP contribution >= 0.6 is 11.6 Å². The van der Waals surface area contributed by atoms with Crippen molar-refractivity contribution in [3.63, 3.8) is 0 Å². The van der Waals surface area contributed by atoms with Crippen LogP contribution in [0, 0.1) is 17.1 Å². The molecule has 0 unspecified atom stereocenters. The average molecular weight is 360 g/mol. The number of rotatable bonds is 5. The number of hydrogen-bond acceptors (Lipinski definition) is 3. The van der Waals surface area contributed by atoms with Crippen LogP contribution in [0.5, 0.6) is 0 Å². The van der Waals surface area contributed by atoms with Crippen molar-refractivity contribution in [2.24, 2.45) is 0 Å². The normalized spacial score (nSPS) is 10.0. The first-order chi connectivity index (χ1) is 11.9. The molecule has 2 aromatic rings. The molecule has 0 aliphatic rings. The van der Waals surface area contributed by atoms with E-state index >= 15 is 0 Å². The fourth-order valence-corrected chi connectivity index (χ4v) is 2.52. The summed E-state index contributed by atoms with van der Waals surface area (Å²) in [6, 6.07) is 12.5. The fourth-order valence-electron chi connectivity index (χ4n) is 2.27. The summed E-state index contributed by atoms with van der Waals surface area (Å²) in [5, 5.41) is 11.4. The van der Waals surface area contributed by atoms with E-state index in [2.05, 4.69) is 5.32 Å². The van der Waals surface area contributed by atoms with E-state index < -0.39 is 11.7 Å². The van der Waals surface area contributed by atoms with Crippen LogP contribution in [0.3, 0.4) is 0 Å². The van der Waals surface area contributed by atoms with Gasteiger partial charge in [0.2, 0.25) is 5.91 Å². The molecule has 128 valence electrons. The summed E-state index contributed by atoms with van der Waals surface area (Å²) in [5.74, 6) is -1.57. The van der Waals surface area contributed by atoms with Crippen molar-refractivity contribution in [3.05, 3.63) is 64.4 Å². The zero-order valence-electron chi connectivity index (χ0n) is 13.4. The van der Waals surface area contributed by atoms with Gasteiger partial charge in [-0.3, -0.25) is 9.59 Å². The van der Waals surface area contributed by atoms with Gasteiger partial charge in [0.25, 0.3) is 5.91 Å². The number of amides is 2. The Labute approximate surface area is 149 Å². The van der Waals surface area contributed by atoms with Gasteiger partial charge in [-0.25, -0.2) is 4.39 Å². The minimum absolute atomic E-state index is 0.0213. The lowest BCUT2D eigenvalue weighted by Gasteiger charge is -2.21. The number of halogens is 2. The summed E-state index contributed by atoms with van der Waals surface area (Å²) in [6.07, 6.45) is 0. The van der Waals surface area contributed by atoms with Gasteiger partial charge < -0.3 is 10.2 Å². The van der Waals surface area contributed by atoms with Gasteiger partial charge in [-0.15, -0.1) is 0 Å². The van der Waals surface area contributed by atoms with E-state index in [4.69, 9.17) is 16.9 Å². The topological polar surface area (TPSA) is 73.2 Å². The van der Waals surface area contributed by atoms with Crippen LogP contribution in [0.25, 0.3) is 0 Å². The van der Waals surface area contributed by atoms with E-state index in [0.29, 0.717) is 11.3 Å². The minimum Gasteiger partial charge on any atom is -0.350 e. The van der Waals surface area contributed by atoms with Crippen molar-refractivity contribution in [1.29, 1.82) is 5.26 Å². The number of nitrogens with one attached hydrogen (secondary N) is 1. The maximum Gasteiger partial charge on any atom is 0.255 e. The predicted octanol–water partition coefficient (Wildman–Crippen LogP) is 3.13. The summed E-state index contributed by atoms with van der Waals surface area (Å²) in [5.41, 5.74) is 0.858. The van der Waals surface area contributed by atoms with Gasteiger partial charge in [-0.05, 0) is 36.4 Å². The Morgan fingerprint density at radius 2 is 1.92 bits per heavy atom. The second-order valence-electron chi connectivity index (χ2n) is 5.18. The van der Waals surface area contributed by atoms with E-state index in [9.17, 15) is 14.0 Å². The van der Waals surface area contributed by atoms with Crippen molar-refractivity contribution in [3.8, 4) is 6.07 Å². The average Bonchev–Trinajstić information content (AvgIpc) is 2.58. The summed E-state index contributed by atoms with van der Waals surface area (Å²) in [4.78, 5) is 25.4. The number of nitrogens with zero attached hydrogens (tertiary/aromatic N) is 2. The number of carbonyl (C=O) groups is 2. The molecule has 2 amide bonds. The molecule has 0 radical (unpaired) electrons. The first-order valence-electron chi connectivity index (χ1n) is 7.44. The monoisotopic (exact) mass is 359 g/mol. The van der Waals surface area contributed by atoms with E-state index in [1.165, 1.54) is 24.0 Å². The highest BCUT2D eigenvalue weighted by Crippen LogP contribution is 2.19. The first kappa shape index (κ1) is 18.4. The molecule has 0 heterocycles. The summed E-state index contributed by atoms with van der Waals surface area (Å²) >= 11 is 5.85. The third kappa shape index (κ3) is 4.55. The molecule has 7 heteroatoms. The largest absolute Gasteiger partial charge is 0.350 e. The molecule has 0 aliphatic heterocycles. The predicted molar refractivity (Wildman–Crippen MR) is 92.9 cm³/mol. The molecule has 0 aromatic heterocycles. The summed E-state index contributed by atoms with van der Waals surface area (Å²) in [6.45, 7) is 1.70. The maximum absolute atomic E-state index is 13.7. The molecule has 5 nitrogen and oxygen atoms in total. The third-order valence-corrected chi connectivity index (χ3v) is 3.81. The zero-order chi connectivity index (χ0) is 18.4. The third-order valence-electron chi connectivity index (χ3n) is 3.50. The Morgan fingerprint density at radius 1 is 1.24 bits per heavy atom. The molecule has 1 N–H and O–H groups in total. The van der Waals surface area contributed by atoms with Gasteiger partial charge >= 0.3 is 0 Å². The molecule has 2 rings (SSSR count). The van der Waals surface area contributed by atoms with Gasteiger partial charge in [0, 0.05) is 25.7 Å². The maximum atomic E-state index is 13.7. The molecule has 0 atom stereocenters. The number of hydrogen-bond donors (Lipinski definition) is 1. The Morgan fingerprint density at radius 3 is 2.48 bits per heavy atom. The Hall–Kier alpha value is -2.91. The van der Waals surface area contributed by atoms with Crippen LogP contribution in [0.15, 0.2) is 42.5 Å². The molecule has 0 aliphatic carbocycles. The number of anilines is 1. The molecule has 25 heavy (non-hydrogen) atoms. The van der Waals surface area contributed by atoms with Gasteiger partial charge in [0.15, 0.2) is 0 Å². The fraction of sp³-hybridized carbons (Fsp3) is 0.167. The summed E-state index contributed by atoms with van der Waals surface area (Å²) in [7, 11) is 0. The molecule has 0 spiro atoms. The highest BCUT2D eigenvalue weighted by atomic mass is 35.5. The van der Waals surface area contributed by atoms with Gasteiger partial charge in [-0.2, -0.15) is 5.26 Å². The molecular weight excluding hydrogens is 345 g/mol. The standard InChI is InChI=1S/C18H15ClFN3O2/c1-12(24)23(14-7-5-13(11-21)6-8-14)10-9-22-18(25)17-15(19)3-2-4-16(17)20/h2-8H,9-10H2,1H3,(H,22,25). The number of nitriles is 1. The molecule has 0 saturated carbocycles. The molecule has 0 bridgehead atoms. The lowest BCUT2D eigenvalue weighted by molar-refractivity contribution is -0.116.